The summed E-state index contributed by atoms with van der Waals surface area (Å²) in [6, 6.07) is 0. The molecule has 0 saturated carbocycles. The van der Waals surface area contributed by atoms with E-state index in [0.717, 1.165) is 0 Å². The van der Waals surface area contributed by atoms with Crippen molar-refractivity contribution in [1.29, 1.82) is 0 Å². The summed E-state index contributed by atoms with van der Waals surface area (Å²) >= 11 is 0. The van der Waals surface area contributed by atoms with Crippen molar-refractivity contribution in [2.24, 2.45) is 0 Å². The van der Waals surface area contributed by atoms with Gasteiger partial charge >= 0.3 is 0 Å². The van der Waals surface area contributed by atoms with Crippen LogP contribution in [0.3, 0.4) is 0 Å². The topological polar surface area (TPSA) is 63.0 Å². The molecule has 2 nitrogen and oxygen atoms in total. The lowest BCUT2D eigenvalue weighted by Crippen LogP contribution is -1.97. The highest BCUT2D eigenvalue weighted by molar-refractivity contribution is 7.57. The second-order valence-corrected chi connectivity index (χ2v) is 10.8. The maximum atomic E-state index is 2.32. The molecule has 168 valence electrons. The second kappa shape index (κ2) is 28.6. The highest BCUT2D eigenvalue weighted by atomic mass is 31.1. The van der Waals surface area contributed by atoms with E-state index in [1.54, 1.807) is 18.5 Å². The van der Waals surface area contributed by atoms with Crippen molar-refractivity contribution in [1.82, 2.24) is 0 Å². The van der Waals surface area contributed by atoms with Gasteiger partial charge in [0, 0.05) is 0 Å². The first-order valence-corrected chi connectivity index (χ1v) is 14.0. The zero-order valence-electron chi connectivity index (χ0n) is 19.3. The molecule has 0 aromatic rings. The van der Waals surface area contributed by atoms with Gasteiger partial charge in [0.15, 0.2) is 0 Å². The maximum absolute atomic E-state index is 2.32. The van der Waals surface area contributed by atoms with Crippen LogP contribution in [-0.2, 0) is 0 Å². The number of hydrogen-bond donors (Lipinski definition) is 0. The summed E-state index contributed by atoms with van der Waals surface area (Å²) < 4.78 is 0. The Kier molecular flexibility index (Phi) is 33.9. The molecule has 0 unspecified atom stereocenters. The molecule has 0 heterocycles. The molecule has 0 aliphatic heterocycles. The van der Waals surface area contributed by atoms with Crippen molar-refractivity contribution < 1.29 is 11.0 Å². The first kappa shape index (κ1) is 32.0. The minimum atomic E-state index is 0. The summed E-state index contributed by atoms with van der Waals surface area (Å²) in [6.07, 6.45) is 31.2. The average Bonchev–Trinajstić information content (AvgIpc) is 2.63. The van der Waals surface area contributed by atoms with Crippen LogP contribution >= 0.6 is 7.92 Å². The summed E-state index contributed by atoms with van der Waals surface area (Å²) in [4.78, 5) is 0. The minimum Gasteiger partial charge on any atom is -0.412 e. The van der Waals surface area contributed by atoms with Crippen molar-refractivity contribution in [3.8, 4) is 0 Å². The van der Waals surface area contributed by atoms with E-state index in [9.17, 15) is 0 Å². The zero-order chi connectivity index (χ0) is 18.4. The molecule has 0 fully saturated rings. The lowest BCUT2D eigenvalue weighted by atomic mass is 10.1. The van der Waals surface area contributed by atoms with Crippen molar-refractivity contribution >= 4 is 7.92 Å². The van der Waals surface area contributed by atoms with Gasteiger partial charge in [-0.1, -0.05) is 117 Å². The van der Waals surface area contributed by atoms with Crippen molar-refractivity contribution in [2.45, 2.75) is 136 Å². The van der Waals surface area contributed by atoms with Crippen LogP contribution in [0.1, 0.15) is 136 Å². The Balaban J connectivity index is -0.00000288. The fourth-order valence-electron chi connectivity index (χ4n) is 3.68. The molecular weight excluding hydrogens is 351 g/mol. The van der Waals surface area contributed by atoms with Crippen LogP contribution in [-0.4, -0.2) is 29.4 Å². The Labute approximate surface area is 174 Å². The Bertz CT molecular complexity index is 198. The smallest absolute Gasteiger partial charge is 0.0326 e. The molecule has 27 heavy (non-hydrogen) atoms. The second-order valence-electron chi connectivity index (χ2n) is 8.14. The number of rotatable bonds is 21. The van der Waals surface area contributed by atoms with Crippen LogP contribution in [0, 0.1) is 0 Å². The largest absolute Gasteiger partial charge is 0.412 e. The van der Waals surface area contributed by atoms with Crippen LogP contribution in [0.25, 0.3) is 0 Å². The third-order valence-electron chi connectivity index (χ3n) is 5.48. The van der Waals surface area contributed by atoms with Crippen LogP contribution < -0.4 is 0 Å². The van der Waals surface area contributed by atoms with Gasteiger partial charge in [-0.2, -0.15) is 0 Å². The zero-order valence-corrected chi connectivity index (χ0v) is 20.2. The fourth-order valence-corrected chi connectivity index (χ4v) is 6.37. The molecule has 4 N–H and O–H groups in total. The molecule has 0 bridgehead atoms. The molecule has 0 aliphatic carbocycles. The highest BCUT2D eigenvalue weighted by Crippen LogP contribution is 2.39. The monoisotopic (exact) mass is 406 g/mol. The van der Waals surface area contributed by atoms with Gasteiger partial charge in [0.25, 0.3) is 0 Å². The predicted molar refractivity (Wildman–Crippen MR) is 129 cm³/mol. The van der Waals surface area contributed by atoms with E-state index in [2.05, 4.69) is 20.8 Å². The van der Waals surface area contributed by atoms with Gasteiger partial charge in [-0.3, -0.25) is 0 Å². The summed E-state index contributed by atoms with van der Waals surface area (Å²) in [5, 5.41) is 0. The molecule has 0 saturated heterocycles. The van der Waals surface area contributed by atoms with Crippen molar-refractivity contribution in [2.75, 3.05) is 18.5 Å². The van der Waals surface area contributed by atoms with Crippen LogP contribution in [0.2, 0.25) is 0 Å². The Morgan fingerprint density at radius 3 is 0.815 bits per heavy atom. The van der Waals surface area contributed by atoms with E-state index in [1.165, 1.54) is 116 Å². The van der Waals surface area contributed by atoms with Crippen LogP contribution in [0.5, 0.6) is 0 Å². The molecular formula is C24H55O2P. The molecule has 0 rings (SSSR count). The van der Waals surface area contributed by atoms with E-state index in [0.29, 0.717) is 7.92 Å². The standard InChI is InChI=1S/C24H51P.2H2O/c1-4-7-10-13-16-19-22-25(23-20-17-14-11-8-5-2)24-21-18-15-12-9-6-3;;/h4-24H2,1-3H3;2*1H2. The van der Waals surface area contributed by atoms with Crippen LogP contribution in [0.4, 0.5) is 0 Å². The molecule has 3 heteroatoms. The van der Waals surface area contributed by atoms with E-state index in [1.807, 2.05) is 0 Å². The van der Waals surface area contributed by atoms with E-state index in [4.69, 9.17) is 0 Å². The first-order chi connectivity index (χ1) is 12.3. The first-order valence-electron chi connectivity index (χ1n) is 12.1. The maximum Gasteiger partial charge on any atom is -0.0326 e. The van der Waals surface area contributed by atoms with Gasteiger partial charge in [0.2, 0.25) is 0 Å². The van der Waals surface area contributed by atoms with Gasteiger partial charge in [-0.25, -0.2) is 0 Å². The minimum absolute atomic E-state index is 0. The Morgan fingerprint density at radius 2 is 0.556 bits per heavy atom. The molecule has 0 aliphatic rings. The predicted octanol–water partition coefficient (Wildman–Crippen LogP) is 7.90. The highest BCUT2D eigenvalue weighted by Gasteiger charge is 2.07. The SMILES string of the molecule is CCCCCCCCP(CCCCCCCC)CCCCCCCC.O.O. The van der Waals surface area contributed by atoms with Gasteiger partial charge in [0.1, 0.15) is 0 Å². The lowest BCUT2D eigenvalue weighted by Gasteiger charge is -2.18. The number of unbranched alkanes of at least 4 members (excludes halogenated alkanes) is 15. The summed E-state index contributed by atoms with van der Waals surface area (Å²) in [7, 11) is 0.366. The van der Waals surface area contributed by atoms with Crippen LogP contribution in [0.15, 0.2) is 0 Å². The molecule has 0 radical (unpaired) electrons. The van der Waals surface area contributed by atoms with E-state index in [-0.39, 0.29) is 11.0 Å². The average molecular weight is 407 g/mol. The van der Waals surface area contributed by atoms with Gasteiger partial charge in [-0.15, -0.1) is 7.92 Å². The van der Waals surface area contributed by atoms with Crippen molar-refractivity contribution in [3.63, 3.8) is 0 Å². The molecule has 0 spiro atoms. The van der Waals surface area contributed by atoms with Gasteiger partial charge in [0.05, 0.1) is 0 Å². The number of hydrogen-bond acceptors (Lipinski definition) is 0. The summed E-state index contributed by atoms with van der Waals surface area (Å²) in [5.74, 6) is 0. The summed E-state index contributed by atoms with van der Waals surface area (Å²) in [6.45, 7) is 6.96. The van der Waals surface area contributed by atoms with Crippen molar-refractivity contribution in [3.05, 3.63) is 0 Å². The molecule has 0 atom stereocenters. The normalized spacial score (nSPS) is 10.7. The molecule has 0 amide bonds. The molecule has 0 aromatic heterocycles. The van der Waals surface area contributed by atoms with E-state index < -0.39 is 0 Å². The fraction of sp³-hybridized carbons (Fsp3) is 1.00. The Morgan fingerprint density at radius 1 is 0.333 bits per heavy atom. The Hall–Kier alpha value is 0.350. The van der Waals surface area contributed by atoms with E-state index >= 15 is 0 Å². The quantitative estimate of drug-likeness (QED) is 0.137. The van der Waals surface area contributed by atoms with Gasteiger partial charge < -0.3 is 11.0 Å². The third-order valence-corrected chi connectivity index (χ3v) is 8.33. The summed E-state index contributed by atoms with van der Waals surface area (Å²) in [5.41, 5.74) is 0. The van der Waals surface area contributed by atoms with Gasteiger partial charge in [-0.05, 0) is 37.7 Å². The third kappa shape index (κ3) is 26.4. The lowest BCUT2D eigenvalue weighted by molar-refractivity contribution is 0.617. The molecule has 0 aromatic carbocycles.